The SMILES string of the molecule is CC(O)C(NC(=O)c1ccc(C#Cc2ccccc2)cc1)C(=O)NN. The van der Waals surface area contributed by atoms with Gasteiger partial charge in [0.15, 0.2) is 0 Å². The summed E-state index contributed by atoms with van der Waals surface area (Å²) in [6.07, 6.45) is -1.08. The molecule has 0 saturated heterocycles. The lowest BCUT2D eigenvalue weighted by Crippen LogP contribution is -2.54. The average molecular weight is 337 g/mol. The molecule has 0 fully saturated rings. The van der Waals surface area contributed by atoms with E-state index in [4.69, 9.17) is 5.84 Å². The van der Waals surface area contributed by atoms with Crippen LogP contribution in [0.4, 0.5) is 0 Å². The molecule has 0 heterocycles. The van der Waals surface area contributed by atoms with Crippen LogP contribution >= 0.6 is 0 Å². The summed E-state index contributed by atoms with van der Waals surface area (Å²) in [5, 5.41) is 12.0. The predicted octanol–water partition coefficient (Wildman–Crippen LogP) is 0.556. The number of rotatable bonds is 4. The first-order valence-electron chi connectivity index (χ1n) is 7.68. The Labute approximate surface area is 146 Å². The van der Waals surface area contributed by atoms with Gasteiger partial charge >= 0.3 is 0 Å². The van der Waals surface area contributed by atoms with Gasteiger partial charge in [-0.25, -0.2) is 5.84 Å². The Morgan fingerprint density at radius 1 is 1.00 bits per heavy atom. The van der Waals surface area contributed by atoms with Crippen LogP contribution in [-0.4, -0.2) is 29.1 Å². The molecule has 128 valence electrons. The zero-order chi connectivity index (χ0) is 18.2. The molecule has 2 unspecified atom stereocenters. The highest BCUT2D eigenvalue weighted by atomic mass is 16.3. The molecule has 0 bridgehead atoms. The van der Waals surface area contributed by atoms with Crippen LogP contribution < -0.4 is 16.6 Å². The fourth-order valence-electron chi connectivity index (χ4n) is 2.09. The van der Waals surface area contributed by atoms with Crippen LogP contribution in [0.3, 0.4) is 0 Å². The van der Waals surface area contributed by atoms with E-state index in [9.17, 15) is 14.7 Å². The van der Waals surface area contributed by atoms with Gasteiger partial charge in [-0.15, -0.1) is 0 Å². The molecule has 0 aliphatic heterocycles. The van der Waals surface area contributed by atoms with Gasteiger partial charge in [0, 0.05) is 16.7 Å². The van der Waals surface area contributed by atoms with Crippen molar-refractivity contribution in [3.05, 3.63) is 71.3 Å². The molecule has 0 spiro atoms. The monoisotopic (exact) mass is 337 g/mol. The maximum Gasteiger partial charge on any atom is 0.259 e. The average Bonchev–Trinajstić information content (AvgIpc) is 2.64. The van der Waals surface area contributed by atoms with Gasteiger partial charge < -0.3 is 10.4 Å². The fourth-order valence-corrected chi connectivity index (χ4v) is 2.09. The highest BCUT2D eigenvalue weighted by Crippen LogP contribution is 2.05. The highest BCUT2D eigenvalue weighted by Gasteiger charge is 2.25. The van der Waals surface area contributed by atoms with Gasteiger partial charge in [0.05, 0.1) is 6.10 Å². The van der Waals surface area contributed by atoms with Gasteiger partial charge in [-0.2, -0.15) is 0 Å². The van der Waals surface area contributed by atoms with Crippen LogP contribution in [-0.2, 0) is 4.79 Å². The lowest BCUT2D eigenvalue weighted by molar-refractivity contribution is -0.125. The maximum atomic E-state index is 12.2. The second kappa shape index (κ2) is 8.64. The summed E-state index contributed by atoms with van der Waals surface area (Å²) in [7, 11) is 0. The van der Waals surface area contributed by atoms with Crippen molar-refractivity contribution in [2.45, 2.75) is 19.1 Å². The second-order valence-corrected chi connectivity index (χ2v) is 5.39. The van der Waals surface area contributed by atoms with Gasteiger partial charge in [-0.1, -0.05) is 30.0 Å². The van der Waals surface area contributed by atoms with Crippen molar-refractivity contribution < 1.29 is 14.7 Å². The molecule has 0 radical (unpaired) electrons. The van der Waals surface area contributed by atoms with Gasteiger partial charge in [0.25, 0.3) is 11.8 Å². The second-order valence-electron chi connectivity index (χ2n) is 5.39. The number of amides is 2. The van der Waals surface area contributed by atoms with E-state index >= 15 is 0 Å². The van der Waals surface area contributed by atoms with E-state index in [0.29, 0.717) is 5.56 Å². The lowest BCUT2D eigenvalue weighted by Gasteiger charge is -2.19. The zero-order valence-electron chi connectivity index (χ0n) is 13.7. The molecule has 5 N–H and O–H groups in total. The number of aliphatic hydroxyl groups is 1. The molecular formula is C19H19N3O3. The van der Waals surface area contributed by atoms with Crippen LogP contribution in [0, 0.1) is 11.8 Å². The van der Waals surface area contributed by atoms with E-state index in [2.05, 4.69) is 17.2 Å². The van der Waals surface area contributed by atoms with Crippen LogP contribution in [0.25, 0.3) is 0 Å². The van der Waals surface area contributed by atoms with E-state index in [1.54, 1.807) is 24.3 Å². The number of carbonyl (C=O) groups excluding carboxylic acids is 2. The summed E-state index contributed by atoms with van der Waals surface area (Å²) in [5.74, 6) is 9.93. The van der Waals surface area contributed by atoms with Crippen molar-refractivity contribution in [2.75, 3.05) is 0 Å². The summed E-state index contributed by atoms with van der Waals surface area (Å²) in [5.41, 5.74) is 3.92. The molecule has 2 aromatic rings. The molecule has 2 atom stereocenters. The van der Waals surface area contributed by atoms with Crippen molar-refractivity contribution in [2.24, 2.45) is 5.84 Å². The minimum atomic E-state index is -1.13. The van der Waals surface area contributed by atoms with E-state index in [1.165, 1.54) is 6.92 Å². The van der Waals surface area contributed by atoms with E-state index < -0.39 is 24.0 Å². The zero-order valence-corrected chi connectivity index (χ0v) is 13.7. The third-order valence-corrected chi connectivity index (χ3v) is 3.47. The molecule has 0 aliphatic rings. The molecule has 2 rings (SSSR count). The van der Waals surface area contributed by atoms with Crippen LogP contribution in [0.2, 0.25) is 0 Å². The fraction of sp³-hybridized carbons (Fsp3) is 0.158. The van der Waals surface area contributed by atoms with Crippen molar-refractivity contribution in [1.82, 2.24) is 10.7 Å². The number of hydrogen-bond donors (Lipinski definition) is 4. The van der Waals surface area contributed by atoms with Gasteiger partial charge in [-0.05, 0) is 43.3 Å². The summed E-state index contributed by atoms with van der Waals surface area (Å²) in [4.78, 5) is 23.8. The lowest BCUT2D eigenvalue weighted by atomic mass is 10.1. The molecular weight excluding hydrogens is 318 g/mol. The molecule has 25 heavy (non-hydrogen) atoms. The van der Waals surface area contributed by atoms with Crippen molar-refractivity contribution in [3.63, 3.8) is 0 Å². The first-order valence-corrected chi connectivity index (χ1v) is 7.68. The summed E-state index contributed by atoms with van der Waals surface area (Å²) in [6, 6.07) is 15.1. The largest absolute Gasteiger partial charge is 0.391 e. The normalized spacial score (nSPS) is 12.3. The quantitative estimate of drug-likeness (QED) is 0.283. The molecule has 6 heteroatoms. The summed E-state index contributed by atoms with van der Waals surface area (Å²) >= 11 is 0. The molecule has 2 amide bonds. The smallest absolute Gasteiger partial charge is 0.259 e. The predicted molar refractivity (Wildman–Crippen MR) is 94.1 cm³/mol. The van der Waals surface area contributed by atoms with Gasteiger partial charge in [0.1, 0.15) is 6.04 Å². The number of hydrazine groups is 1. The summed E-state index contributed by atoms with van der Waals surface area (Å²) in [6.45, 7) is 1.39. The maximum absolute atomic E-state index is 12.2. The molecule has 0 aromatic heterocycles. The number of benzene rings is 2. The Balaban J connectivity index is 2.07. The Morgan fingerprint density at radius 2 is 1.56 bits per heavy atom. The number of carbonyl (C=O) groups is 2. The minimum Gasteiger partial charge on any atom is -0.391 e. The highest BCUT2D eigenvalue weighted by molar-refractivity contribution is 5.97. The van der Waals surface area contributed by atoms with Gasteiger partial charge in [-0.3, -0.25) is 15.0 Å². The number of aliphatic hydroxyl groups excluding tert-OH is 1. The minimum absolute atomic E-state index is 0.348. The number of nitrogens with two attached hydrogens (primary N) is 1. The van der Waals surface area contributed by atoms with E-state index in [0.717, 1.165) is 11.1 Å². The van der Waals surface area contributed by atoms with Crippen molar-refractivity contribution in [3.8, 4) is 11.8 Å². The standard InChI is InChI=1S/C19H19N3O3/c1-13(23)17(19(25)22-20)21-18(24)16-11-9-15(10-12-16)8-7-14-5-3-2-4-6-14/h2-6,9-13,17,23H,20H2,1H3,(H,21,24)(H,22,25). The Bertz CT molecular complexity index is 790. The topological polar surface area (TPSA) is 104 Å². The van der Waals surface area contributed by atoms with Crippen molar-refractivity contribution in [1.29, 1.82) is 0 Å². The van der Waals surface area contributed by atoms with Gasteiger partial charge in [0.2, 0.25) is 0 Å². The molecule has 0 saturated carbocycles. The van der Waals surface area contributed by atoms with Crippen molar-refractivity contribution >= 4 is 11.8 Å². The number of hydrogen-bond acceptors (Lipinski definition) is 4. The first-order chi connectivity index (χ1) is 12.0. The van der Waals surface area contributed by atoms with E-state index in [1.807, 2.05) is 35.8 Å². The van der Waals surface area contributed by atoms with Crippen LogP contribution in [0.15, 0.2) is 54.6 Å². The third-order valence-electron chi connectivity index (χ3n) is 3.47. The Kier molecular flexibility index (Phi) is 6.29. The Hall–Kier alpha value is -3.14. The Morgan fingerprint density at radius 3 is 2.08 bits per heavy atom. The first kappa shape index (κ1) is 18.2. The summed E-state index contributed by atoms with van der Waals surface area (Å²) < 4.78 is 0. The van der Waals surface area contributed by atoms with Crippen LogP contribution in [0.1, 0.15) is 28.4 Å². The van der Waals surface area contributed by atoms with E-state index in [-0.39, 0.29) is 0 Å². The molecule has 2 aromatic carbocycles. The molecule has 6 nitrogen and oxygen atoms in total. The number of nitrogens with one attached hydrogen (secondary N) is 2. The van der Waals surface area contributed by atoms with Crippen LogP contribution in [0.5, 0.6) is 0 Å². The molecule has 0 aliphatic carbocycles. The third kappa shape index (κ3) is 5.18.